The van der Waals surface area contributed by atoms with Gasteiger partial charge in [-0.15, -0.1) is 0 Å². The summed E-state index contributed by atoms with van der Waals surface area (Å²) in [6.07, 6.45) is 8.57. The van der Waals surface area contributed by atoms with Gasteiger partial charge in [-0.25, -0.2) is 0 Å². The van der Waals surface area contributed by atoms with Crippen LogP contribution < -0.4 is 9.47 Å². The highest BCUT2D eigenvalue weighted by molar-refractivity contribution is 5.63. The van der Waals surface area contributed by atoms with Gasteiger partial charge in [0.15, 0.2) is 11.5 Å². The van der Waals surface area contributed by atoms with Crippen molar-refractivity contribution in [3.05, 3.63) is 58.7 Å². The Morgan fingerprint density at radius 2 is 1.92 bits per heavy atom. The molecule has 0 amide bonds. The molecule has 2 aromatic rings. The normalized spacial score (nSPS) is 38.1. The Bertz CT molecular complexity index is 1270. The SMILES string of the molecule is COc1ccc2c3c1O[C@@H]1C34CCN(CC3CC3)[C@H](C2)[C@]42CC[C@@]1(OC)[C@@H](COCc1ccccc1C)C2. The number of nitrogens with zero attached hydrogens (tertiary/aromatic N) is 1. The van der Waals surface area contributed by atoms with Crippen LogP contribution in [0.1, 0.15) is 60.8 Å². The molecule has 5 aliphatic carbocycles. The minimum absolute atomic E-state index is 0.00987. The van der Waals surface area contributed by atoms with Crippen molar-refractivity contribution in [1.29, 1.82) is 0 Å². The third-order valence-corrected chi connectivity index (χ3v) is 11.8. The van der Waals surface area contributed by atoms with Gasteiger partial charge in [0.1, 0.15) is 11.7 Å². The quantitative estimate of drug-likeness (QED) is 0.468. The van der Waals surface area contributed by atoms with Crippen molar-refractivity contribution in [2.24, 2.45) is 17.3 Å². The summed E-state index contributed by atoms with van der Waals surface area (Å²) in [5, 5.41) is 0. The van der Waals surface area contributed by atoms with E-state index in [1.807, 2.05) is 7.11 Å². The van der Waals surface area contributed by atoms with Crippen LogP contribution >= 0.6 is 0 Å². The number of hydrogen-bond acceptors (Lipinski definition) is 5. The molecule has 2 aromatic carbocycles. The smallest absolute Gasteiger partial charge is 0.165 e. The minimum Gasteiger partial charge on any atom is -0.493 e. The largest absolute Gasteiger partial charge is 0.493 e. The van der Waals surface area contributed by atoms with E-state index in [2.05, 4.69) is 48.2 Å². The number of fused-ring (bicyclic) bond motifs is 2. The summed E-state index contributed by atoms with van der Waals surface area (Å²) >= 11 is 0. The summed E-state index contributed by atoms with van der Waals surface area (Å²) in [5.74, 6) is 3.12. The van der Waals surface area contributed by atoms with Crippen molar-refractivity contribution in [1.82, 2.24) is 4.90 Å². The minimum atomic E-state index is -0.338. The van der Waals surface area contributed by atoms with Crippen LogP contribution in [0.4, 0.5) is 0 Å². The second-order valence-corrected chi connectivity index (χ2v) is 13.2. The Labute approximate surface area is 226 Å². The zero-order valence-electron chi connectivity index (χ0n) is 23.1. The van der Waals surface area contributed by atoms with E-state index in [4.69, 9.17) is 18.9 Å². The van der Waals surface area contributed by atoms with Gasteiger partial charge in [0.2, 0.25) is 0 Å². The summed E-state index contributed by atoms with van der Waals surface area (Å²) in [4.78, 5) is 2.90. The molecule has 2 spiro atoms. The Kier molecular flexibility index (Phi) is 5.14. The van der Waals surface area contributed by atoms with Gasteiger partial charge in [0.05, 0.1) is 20.3 Å². The molecule has 0 radical (unpaired) electrons. The maximum atomic E-state index is 7.14. The zero-order valence-corrected chi connectivity index (χ0v) is 23.1. The monoisotopic (exact) mass is 515 g/mol. The molecule has 1 unspecified atom stereocenters. The van der Waals surface area contributed by atoms with E-state index in [0.29, 0.717) is 18.6 Å². The van der Waals surface area contributed by atoms with E-state index < -0.39 is 0 Å². The predicted octanol–water partition coefficient (Wildman–Crippen LogP) is 5.44. The maximum Gasteiger partial charge on any atom is 0.165 e. The van der Waals surface area contributed by atoms with Crippen LogP contribution in [0.2, 0.25) is 0 Å². The Morgan fingerprint density at radius 1 is 1.05 bits per heavy atom. The number of benzene rings is 2. The predicted molar refractivity (Wildman–Crippen MR) is 146 cm³/mol. The van der Waals surface area contributed by atoms with E-state index in [1.165, 1.54) is 54.6 Å². The Morgan fingerprint density at radius 3 is 2.71 bits per heavy atom. The van der Waals surface area contributed by atoms with Crippen molar-refractivity contribution in [3.8, 4) is 11.5 Å². The highest BCUT2D eigenvalue weighted by atomic mass is 16.6. The number of methoxy groups -OCH3 is 2. The molecule has 38 heavy (non-hydrogen) atoms. The van der Waals surface area contributed by atoms with E-state index >= 15 is 0 Å². The van der Waals surface area contributed by atoms with Crippen LogP contribution in [-0.2, 0) is 27.9 Å². The Hall–Kier alpha value is -2.08. The fourth-order valence-electron chi connectivity index (χ4n) is 9.98. The first-order valence-electron chi connectivity index (χ1n) is 14.8. The summed E-state index contributed by atoms with van der Waals surface area (Å²) in [6, 6.07) is 13.6. The highest BCUT2D eigenvalue weighted by Crippen LogP contribution is 2.76. The molecule has 9 rings (SSSR count). The van der Waals surface area contributed by atoms with E-state index in [0.717, 1.165) is 49.7 Å². The van der Waals surface area contributed by atoms with Gasteiger partial charge in [0, 0.05) is 42.0 Å². The molecule has 2 heterocycles. The van der Waals surface area contributed by atoms with Crippen LogP contribution in [0.15, 0.2) is 36.4 Å². The third kappa shape index (κ3) is 2.88. The van der Waals surface area contributed by atoms with Gasteiger partial charge in [-0.1, -0.05) is 30.3 Å². The lowest BCUT2D eigenvalue weighted by Gasteiger charge is -2.74. The first-order valence-corrected chi connectivity index (χ1v) is 14.8. The average Bonchev–Trinajstić information content (AvgIpc) is 3.68. The number of piperidine rings is 1. The molecule has 4 bridgehead atoms. The molecule has 4 saturated carbocycles. The van der Waals surface area contributed by atoms with E-state index in [9.17, 15) is 0 Å². The molecule has 5 fully saturated rings. The summed E-state index contributed by atoms with van der Waals surface area (Å²) in [6.45, 7) is 5.99. The first kappa shape index (κ1) is 23.8. The summed E-state index contributed by atoms with van der Waals surface area (Å²) in [7, 11) is 3.71. The molecular formula is C33H41NO4. The van der Waals surface area contributed by atoms with Crippen molar-refractivity contribution in [2.45, 2.75) is 81.6 Å². The van der Waals surface area contributed by atoms with E-state index in [1.54, 1.807) is 7.11 Å². The first-order chi connectivity index (χ1) is 18.6. The van der Waals surface area contributed by atoms with Crippen LogP contribution in [0, 0.1) is 24.2 Å². The summed E-state index contributed by atoms with van der Waals surface area (Å²) in [5.41, 5.74) is 5.41. The van der Waals surface area contributed by atoms with Gasteiger partial charge >= 0.3 is 0 Å². The molecule has 5 nitrogen and oxygen atoms in total. The molecule has 0 N–H and O–H groups in total. The average molecular weight is 516 g/mol. The molecular weight excluding hydrogens is 474 g/mol. The zero-order chi connectivity index (χ0) is 25.7. The fraction of sp³-hybridized carbons (Fsp3) is 0.636. The Balaban J connectivity index is 1.21. The number of aryl methyl sites for hydroxylation is 1. The number of likely N-dealkylation sites (tertiary alicyclic amines) is 1. The lowest BCUT2D eigenvalue weighted by Crippen LogP contribution is -2.81. The van der Waals surface area contributed by atoms with Crippen molar-refractivity contribution >= 4 is 0 Å². The molecule has 0 aromatic heterocycles. The topological polar surface area (TPSA) is 40.2 Å². The summed E-state index contributed by atoms with van der Waals surface area (Å²) < 4.78 is 26.2. The highest BCUT2D eigenvalue weighted by Gasteiger charge is 2.80. The van der Waals surface area contributed by atoms with Crippen LogP contribution in [0.25, 0.3) is 0 Å². The molecule has 6 atom stereocenters. The fourth-order valence-corrected chi connectivity index (χ4v) is 9.98. The molecule has 7 aliphatic rings. The maximum absolute atomic E-state index is 7.14. The van der Waals surface area contributed by atoms with Gasteiger partial charge in [0.25, 0.3) is 0 Å². The van der Waals surface area contributed by atoms with Crippen molar-refractivity contribution < 1.29 is 18.9 Å². The number of ether oxygens (including phenoxy) is 4. The van der Waals surface area contributed by atoms with Gasteiger partial charge in [-0.05, 0) is 87.1 Å². The molecule has 1 saturated heterocycles. The standard InChI is InChI=1S/C33H41NO4/c1-21-6-4-5-7-24(21)19-37-20-25-17-31-12-13-33(25,36-3)30-32(31)14-15-34(18-22-8-9-22)27(31)16-23-10-11-26(35-2)29(38-30)28(23)32/h4-7,10-11,22,25,27,30H,8-9,12-20H2,1-3H3/t25-,27-,30-,31-,32?,33-/m1/s1. The van der Waals surface area contributed by atoms with E-state index in [-0.39, 0.29) is 22.5 Å². The van der Waals surface area contributed by atoms with Gasteiger partial charge in [-0.3, -0.25) is 4.90 Å². The second kappa shape index (κ2) is 8.22. The molecule has 202 valence electrons. The lowest BCUT2D eigenvalue weighted by molar-refractivity contribution is -0.283. The molecule has 2 aliphatic heterocycles. The van der Waals surface area contributed by atoms with Crippen LogP contribution in [0.5, 0.6) is 11.5 Å². The third-order valence-electron chi connectivity index (χ3n) is 11.8. The van der Waals surface area contributed by atoms with Crippen molar-refractivity contribution in [3.63, 3.8) is 0 Å². The van der Waals surface area contributed by atoms with Crippen LogP contribution in [-0.4, -0.2) is 56.6 Å². The van der Waals surface area contributed by atoms with Gasteiger partial charge in [-0.2, -0.15) is 0 Å². The lowest BCUT2D eigenvalue weighted by atomic mass is 9.35. The van der Waals surface area contributed by atoms with Gasteiger partial charge < -0.3 is 18.9 Å². The van der Waals surface area contributed by atoms with Crippen LogP contribution in [0.3, 0.4) is 0 Å². The number of hydrogen-bond donors (Lipinski definition) is 0. The molecule has 5 heteroatoms. The van der Waals surface area contributed by atoms with Crippen molar-refractivity contribution in [2.75, 3.05) is 33.9 Å². The number of rotatable bonds is 8. The second-order valence-electron chi connectivity index (χ2n) is 13.2.